The largest absolute Gasteiger partial charge is 0.479 e. The van der Waals surface area contributed by atoms with Crippen molar-refractivity contribution in [1.82, 2.24) is 20.3 Å². The van der Waals surface area contributed by atoms with Gasteiger partial charge in [-0.3, -0.25) is 4.79 Å². The van der Waals surface area contributed by atoms with Gasteiger partial charge in [-0.25, -0.2) is 4.98 Å². The maximum absolute atomic E-state index is 12.2. The van der Waals surface area contributed by atoms with E-state index >= 15 is 0 Å². The number of aromatic hydroxyl groups is 1. The number of methoxy groups -OCH3 is 1. The third-order valence-electron chi connectivity index (χ3n) is 4.53. The standard InChI is InChI=1S/C23H25ClN4O3/c1-23(2,3)21(29)25-12-14-8-9-18(24)17(11-14)20-26-19(27-22(30)28-20)16-7-5-6-15(10-16)13-31-4/h5-11H,12-13H2,1-4H3,(H,25,29)(H,26,27,28,30). The molecule has 0 aliphatic carbocycles. The Morgan fingerprint density at radius 3 is 2.52 bits per heavy atom. The summed E-state index contributed by atoms with van der Waals surface area (Å²) in [7, 11) is 1.62. The predicted octanol–water partition coefficient (Wildman–Crippen LogP) is 4.37. The molecule has 0 atom stereocenters. The number of rotatable bonds is 6. The molecule has 1 heterocycles. The van der Waals surface area contributed by atoms with Crippen LogP contribution in [-0.2, 0) is 22.7 Å². The minimum Gasteiger partial charge on any atom is -0.479 e. The Hall–Kier alpha value is -3.03. The van der Waals surface area contributed by atoms with Gasteiger partial charge in [0.05, 0.1) is 11.6 Å². The second kappa shape index (κ2) is 9.41. The van der Waals surface area contributed by atoms with Gasteiger partial charge in [-0.05, 0) is 29.3 Å². The van der Waals surface area contributed by atoms with E-state index < -0.39 is 11.4 Å². The monoisotopic (exact) mass is 440 g/mol. The Morgan fingerprint density at radius 2 is 1.81 bits per heavy atom. The lowest BCUT2D eigenvalue weighted by Gasteiger charge is -2.18. The summed E-state index contributed by atoms with van der Waals surface area (Å²) in [5, 5.41) is 13.5. The van der Waals surface area contributed by atoms with Gasteiger partial charge in [0.1, 0.15) is 0 Å². The summed E-state index contributed by atoms with van der Waals surface area (Å²) in [5.74, 6) is 0.511. The molecule has 0 bridgehead atoms. The van der Waals surface area contributed by atoms with Gasteiger partial charge < -0.3 is 15.2 Å². The molecule has 3 rings (SSSR count). The minimum atomic E-state index is -0.485. The number of hydrogen-bond donors (Lipinski definition) is 2. The van der Waals surface area contributed by atoms with Gasteiger partial charge in [0.15, 0.2) is 11.6 Å². The molecule has 7 nitrogen and oxygen atoms in total. The van der Waals surface area contributed by atoms with Crippen molar-refractivity contribution in [3.05, 3.63) is 58.6 Å². The van der Waals surface area contributed by atoms with Gasteiger partial charge >= 0.3 is 6.01 Å². The van der Waals surface area contributed by atoms with E-state index in [0.29, 0.717) is 29.6 Å². The second-order valence-electron chi connectivity index (χ2n) is 8.16. The molecule has 0 spiro atoms. The summed E-state index contributed by atoms with van der Waals surface area (Å²) >= 11 is 6.40. The second-order valence-corrected chi connectivity index (χ2v) is 8.57. The average molecular weight is 441 g/mol. The van der Waals surface area contributed by atoms with Crippen LogP contribution in [0.15, 0.2) is 42.5 Å². The molecule has 0 unspecified atom stereocenters. The Kier molecular flexibility index (Phi) is 6.87. The van der Waals surface area contributed by atoms with E-state index in [9.17, 15) is 9.90 Å². The van der Waals surface area contributed by atoms with Gasteiger partial charge in [-0.1, -0.05) is 56.6 Å². The number of halogens is 1. The number of nitrogens with zero attached hydrogens (tertiary/aromatic N) is 3. The molecule has 0 fully saturated rings. The van der Waals surface area contributed by atoms with Crippen molar-refractivity contribution in [3.8, 4) is 28.8 Å². The number of nitrogens with one attached hydrogen (secondary N) is 1. The van der Waals surface area contributed by atoms with Crippen molar-refractivity contribution in [2.75, 3.05) is 7.11 Å². The molecule has 1 amide bonds. The SMILES string of the molecule is COCc1cccc(-c2nc(O)nc(-c3cc(CNC(=O)C(C)(C)C)ccc3Cl)n2)c1. The zero-order valence-electron chi connectivity index (χ0n) is 17.9. The van der Waals surface area contributed by atoms with E-state index in [0.717, 1.165) is 16.7 Å². The molecule has 2 N–H and O–H groups in total. The zero-order valence-corrected chi connectivity index (χ0v) is 18.7. The third-order valence-corrected chi connectivity index (χ3v) is 4.86. The van der Waals surface area contributed by atoms with Crippen LogP contribution in [0.1, 0.15) is 31.9 Å². The number of aromatic nitrogens is 3. The first-order chi connectivity index (χ1) is 14.7. The molecule has 0 saturated carbocycles. The summed E-state index contributed by atoms with van der Waals surface area (Å²) in [6.45, 7) is 6.35. The van der Waals surface area contributed by atoms with Crippen molar-refractivity contribution in [2.45, 2.75) is 33.9 Å². The summed E-state index contributed by atoms with van der Waals surface area (Å²) in [6.07, 6.45) is 0. The van der Waals surface area contributed by atoms with Gasteiger partial charge in [-0.2, -0.15) is 9.97 Å². The minimum absolute atomic E-state index is 0.0555. The third kappa shape index (κ3) is 5.77. The van der Waals surface area contributed by atoms with Crippen molar-refractivity contribution >= 4 is 17.5 Å². The van der Waals surface area contributed by atoms with Crippen molar-refractivity contribution < 1.29 is 14.6 Å². The lowest BCUT2D eigenvalue weighted by atomic mass is 9.95. The quantitative estimate of drug-likeness (QED) is 0.590. The van der Waals surface area contributed by atoms with Crippen LogP contribution in [0.4, 0.5) is 0 Å². The summed E-state index contributed by atoms with van der Waals surface area (Å²) in [5.41, 5.74) is 2.56. The topological polar surface area (TPSA) is 97.2 Å². The molecular formula is C23H25ClN4O3. The van der Waals surface area contributed by atoms with Crippen LogP contribution in [0, 0.1) is 5.41 Å². The molecule has 31 heavy (non-hydrogen) atoms. The highest BCUT2D eigenvalue weighted by atomic mass is 35.5. The maximum atomic E-state index is 12.2. The van der Waals surface area contributed by atoms with Crippen LogP contribution in [-0.4, -0.2) is 33.1 Å². The Balaban J connectivity index is 1.94. The fourth-order valence-corrected chi connectivity index (χ4v) is 3.08. The van der Waals surface area contributed by atoms with Crippen molar-refractivity contribution in [2.24, 2.45) is 5.41 Å². The normalized spacial score (nSPS) is 11.4. The Bertz CT molecular complexity index is 1100. The molecule has 1 aromatic heterocycles. The van der Waals surface area contributed by atoms with E-state index in [1.807, 2.05) is 51.1 Å². The van der Waals surface area contributed by atoms with E-state index in [4.69, 9.17) is 16.3 Å². The molecule has 0 aliphatic rings. The Morgan fingerprint density at radius 1 is 1.06 bits per heavy atom. The van der Waals surface area contributed by atoms with Crippen LogP contribution < -0.4 is 5.32 Å². The van der Waals surface area contributed by atoms with Crippen molar-refractivity contribution in [1.29, 1.82) is 0 Å². The van der Waals surface area contributed by atoms with E-state index in [-0.39, 0.29) is 11.7 Å². The highest BCUT2D eigenvalue weighted by Gasteiger charge is 2.21. The smallest absolute Gasteiger partial charge is 0.318 e. The number of carbonyl (C=O) groups excluding carboxylic acids is 1. The first kappa shape index (κ1) is 22.7. The molecule has 3 aromatic rings. The number of hydrogen-bond acceptors (Lipinski definition) is 6. The van der Waals surface area contributed by atoms with Crippen LogP contribution in [0.3, 0.4) is 0 Å². The molecule has 0 radical (unpaired) electrons. The Labute approximate surface area is 186 Å². The van der Waals surface area contributed by atoms with Gasteiger partial charge in [-0.15, -0.1) is 0 Å². The maximum Gasteiger partial charge on any atom is 0.318 e. The zero-order chi connectivity index (χ0) is 22.6. The molecule has 0 aliphatic heterocycles. The van der Waals surface area contributed by atoms with E-state index in [2.05, 4.69) is 20.3 Å². The van der Waals surface area contributed by atoms with Crippen LogP contribution in [0.5, 0.6) is 6.01 Å². The number of carbonyl (C=O) groups is 1. The fourth-order valence-electron chi connectivity index (χ4n) is 2.88. The lowest BCUT2D eigenvalue weighted by Crippen LogP contribution is -2.34. The van der Waals surface area contributed by atoms with Gasteiger partial charge in [0.25, 0.3) is 0 Å². The number of amides is 1. The van der Waals surface area contributed by atoms with E-state index in [1.54, 1.807) is 19.2 Å². The van der Waals surface area contributed by atoms with Crippen LogP contribution in [0.25, 0.3) is 22.8 Å². The first-order valence-corrected chi connectivity index (χ1v) is 10.2. The molecule has 162 valence electrons. The summed E-state index contributed by atoms with van der Waals surface area (Å²) < 4.78 is 5.18. The van der Waals surface area contributed by atoms with Gasteiger partial charge in [0, 0.05) is 30.2 Å². The molecule has 8 heteroatoms. The molecule has 0 saturated heterocycles. The van der Waals surface area contributed by atoms with Gasteiger partial charge in [0.2, 0.25) is 5.91 Å². The number of benzene rings is 2. The lowest BCUT2D eigenvalue weighted by molar-refractivity contribution is -0.128. The number of ether oxygens (including phenoxy) is 1. The molecule has 2 aromatic carbocycles. The summed E-state index contributed by atoms with van der Waals surface area (Å²) in [4.78, 5) is 24.8. The van der Waals surface area contributed by atoms with Crippen molar-refractivity contribution in [3.63, 3.8) is 0 Å². The highest BCUT2D eigenvalue weighted by molar-refractivity contribution is 6.33. The molecular weight excluding hydrogens is 416 g/mol. The fraction of sp³-hybridized carbons (Fsp3) is 0.304. The predicted molar refractivity (Wildman–Crippen MR) is 119 cm³/mol. The highest BCUT2D eigenvalue weighted by Crippen LogP contribution is 2.29. The first-order valence-electron chi connectivity index (χ1n) is 9.78. The van der Waals surface area contributed by atoms with E-state index in [1.165, 1.54) is 0 Å². The van der Waals surface area contributed by atoms with Crippen LogP contribution >= 0.6 is 11.6 Å². The van der Waals surface area contributed by atoms with Crippen LogP contribution in [0.2, 0.25) is 5.02 Å². The average Bonchev–Trinajstić information content (AvgIpc) is 2.72. The summed E-state index contributed by atoms with van der Waals surface area (Å²) in [6, 6.07) is 12.5.